The number of rotatable bonds is 5. The predicted molar refractivity (Wildman–Crippen MR) is 95.6 cm³/mol. The second kappa shape index (κ2) is 6.93. The third-order valence-corrected chi connectivity index (χ3v) is 4.27. The third-order valence-electron chi connectivity index (χ3n) is 4.27. The summed E-state index contributed by atoms with van der Waals surface area (Å²) in [5.41, 5.74) is 5.43. The Hall–Kier alpha value is -2.53. The van der Waals surface area contributed by atoms with Gasteiger partial charge in [0.15, 0.2) is 0 Å². The first-order valence-corrected chi connectivity index (χ1v) is 8.11. The standard InChI is InChI=1S/C19H23N5/c1-14-8-9-20-18(10-14)12-24-13-19(21-22-24)17-7-5-6-16(11-17)15(2)23(3)4/h5-11,13,15H,12H2,1-4H3/t15-/m1/s1. The Morgan fingerprint density at radius 2 is 2.00 bits per heavy atom. The molecule has 124 valence electrons. The van der Waals surface area contributed by atoms with Crippen LogP contribution < -0.4 is 0 Å². The average Bonchev–Trinajstić information content (AvgIpc) is 3.02. The second-order valence-electron chi connectivity index (χ2n) is 6.39. The normalized spacial score (nSPS) is 12.5. The highest BCUT2D eigenvalue weighted by molar-refractivity contribution is 5.59. The number of hydrogen-bond donors (Lipinski definition) is 0. The molecule has 2 aromatic heterocycles. The quantitative estimate of drug-likeness (QED) is 0.723. The van der Waals surface area contributed by atoms with E-state index >= 15 is 0 Å². The molecule has 0 aliphatic heterocycles. The molecule has 0 bridgehead atoms. The molecular weight excluding hydrogens is 298 g/mol. The molecule has 0 unspecified atom stereocenters. The molecular formula is C19H23N5. The van der Waals surface area contributed by atoms with Crippen molar-refractivity contribution in [2.45, 2.75) is 26.4 Å². The molecule has 5 nitrogen and oxygen atoms in total. The fraction of sp³-hybridized carbons (Fsp3) is 0.316. The van der Waals surface area contributed by atoms with Crippen molar-refractivity contribution in [1.29, 1.82) is 0 Å². The van der Waals surface area contributed by atoms with Gasteiger partial charge in [-0.2, -0.15) is 0 Å². The lowest BCUT2D eigenvalue weighted by atomic mass is 10.0. The van der Waals surface area contributed by atoms with Gasteiger partial charge in [0, 0.05) is 17.8 Å². The van der Waals surface area contributed by atoms with Crippen molar-refractivity contribution in [2.24, 2.45) is 0 Å². The fourth-order valence-corrected chi connectivity index (χ4v) is 2.62. The van der Waals surface area contributed by atoms with Crippen molar-refractivity contribution in [3.63, 3.8) is 0 Å². The van der Waals surface area contributed by atoms with Crippen molar-refractivity contribution >= 4 is 0 Å². The van der Waals surface area contributed by atoms with Crippen molar-refractivity contribution in [2.75, 3.05) is 14.1 Å². The largest absolute Gasteiger partial charge is 0.303 e. The van der Waals surface area contributed by atoms with Gasteiger partial charge in [0.05, 0.1) is 18.4 Å². The minimum atomic E-state index is 0.358. The summed E-state index contributed by atoms with van der Waals surface area (Å²) in [5.74, 6) is 0. The van der Waals surface area contributed by atoms with Crippen LogP contribution in [0.25, 0.3) is 11.3 Å². The molecule has 0 radical (unpaired) electrons. The highest BCUT2D eigenvalue weighted by Gasteiger charge is 2.10. The summed E-state index contributed by atoms with van der Waals surface area (Å²) in [6, 6.07) is 12.9. The molecule has 24 heavy (non-hydrogen) atoms. The Kier molecular flexibility index (Phi) is 4.71. The molecule has 0 N–H and O–H groups in total. The molecule has 1 aromatic carbocycles. The van der Waals surface area contributed by atoms with Crippen molar-refractivity contribution in [3.8, 4) is 11.3 Å². The highest BCUT2D eigenvalue weighted by Crippen LogP contribution is 2.23. The molecule has 1 atom stereocenters. The van der Waals surface area contributed by atoms with Crippen LogP contribution >= 0.6 is 0 Å². The van der Waals surface area contributed by atoms with E-state index in [0.29, 0.717) is 12.6 Å². The van der Waals surface area contributed by atoms with E-state index in [2.05, 4.69) is 78.5 Å². The summed E-state index contributed by atoms with van der Waals surface area (Å²) in [6.07, 6.45) is 3.80. The van der Waals surface area contributed by atoms with E-state index in [1.54, 1.807) is 0 Å². The maximum atomic E-state index is 4.38. The van der Waals surface area contributed by atoms with E-state index < -0.39 is 0 Å². The molecule has 0 saturated carbocycles. The van der Waals surface area contributed by atoms with E-state index in [1.165, 1.54) is 11.1 Å². The lowest BCUT2D eigenvalue weighted by Gasteiger charge is -2.20. The van der Waals surface area contributed by atoms with Crippen molar-refractivity contribution in [3.05, 3.63) is 65.6 Å². The Morgan fingerprint density at radius 3 is 2.75 bits per heavy atom. The van der Waals surface area contributed by atoms with Gasteiger partial charge in [0.2, 0.25) is 0 Å². The maximum absolute atomic E-state index is 4.38. The van der Waals surface area contributed by atoms with Gasteiger partial charge in [-0.15, -0.1) is 5.10 Å². The van der Waals surface area contributed by atoms with Gasteiger partial charge in [-0.1, -0.05) is 23.4 Å². The molecule has 5 heteroatoms. The van der Waals surface area contributed by atoms with Gasteiger partial charge in [0.25, 0.3) is 0 Å². The first-order valence-electron chi connectivity index (χ1n) is 8.11. The van der Waals surface area contributed by atoms with Crippen LogP contribution in [0.3, 0.4) is 0 Å². The van der Waals surface area contributed by atoms with Crippen LogP contribution in [-0.4, -0.2) is 39.0 Å². The second-order valence-corrected chi connectivity index (χ2v) is 6.39. The van der Waals surface area contributed by atoms with Crippen LogP contribution in [0.5, 0.6) is 0 Å². The lowest BCUT2D eigenvalue weighted by Crippen LogP contribution is -2.16. The zero-order chi connectivity index (χ0) is 17.1. The van der Waals surface area contributed by atoms with Gasteiger partial charge in [-0.25, -0.2) is 4.68 Å². The molecule has 0 saturated heterocycles. The van der Waals surface area contributed by atoms with E-state index in [-0.39, 0.29) is 0 Å². The zero-order valence-corrected chi connectivity index (χ0v) is 14.6. The Bertz CT molecular complexity index is 822. The van der Waals surface area contributed by atoms with Crippen LogP contribution in [0.1, 0.15) is 29.8 Å². The fourth-order valence-electron chi connectivity index (χ4n) is 2.62. The number of pyridine rings is 1. The van der Waals surface area contributed by atoms with Crippen LogP contribution in [0.15, 0.2) is 48.8 Å². The Labute approximate surface area is 143 Å². The highest BCUT2D eigenvalue weighted by atomic mass is 15.4. The molecule has 0 aliphatic carbocycles. The van der Waals surface area contributed by atoms with Crippen molar-refractivity contribution in [1.82, 2.24) is 24.9 Å². The topological polar surface area (TPSA) is 46.8 Å². The number of nitrogens with zero attached hydrogens (tertiary/aromatic N) is 5. The number of aryl methyl sites for hydroxylation is 1. The van der Waals surface area contributed by atoms with Crippen LogP contribution in [0.4, 0.5) is 0 Å². The molecule has 3 aromatic rings. The van der Waals surface area contributed by atoms with E-state index in [0.717, 1.165) is 17.0 Å². The smallest absolute Gasteiger partial charge is 0.113 e. The third kappa shape index (κ3) is 3.68. The van der Waals surface area contributed by atoms with Gasteiger partial charge >= 0.3 is 0 Å². The molecule has 3 rings (SSSR count). The molecule has 0 aliphatic rings. The lowest BCUT2D eigenvalue weighted by molar-refractivity contribution is 0.321. The number of benzene rings is 1. The van der Waals surface area contributed by atoms with E-state index in [1.807, 2.05) is 23.1 Å². The summed E-state index contributed by atoms with van der Waals surface area (Å²) in [5, 5.41) is 8.57. The van der Waals surface area contributed by atoms with Gasteiger partial charge in [-0.05, 0) is 57.3 Å². The van der Waals surface area contributed by atoms with Gasteiger partial charge in [-0.3, -0.25) is 4.98 Å². The first kappa shape index (κ1) is 16.3. The Morgan fingerprint density at radius 1 is 1.17 bits per heavy atom. The SMILES string of the molecule is Cc1ccnc(Cn2cc(-c3cccc([C@@H](C)N(C)C)c3)nn2)c1. The summed E-state index contributed by atoms with van der Waals surface area (Å²) in [4.78, 5) is 6.57. The summed E-state index contributed by atoms with van der Waals surface area (Å²) in [7, 11) is 4.17. The number of hydrogen-bond acceptors (Lipinski definition) is 4. The van der Waals surface area contributed by atoms with Crippen molar-refractivity contribution < 1.29 is 0 Å². The minimum Gasteiger partial charge on any atom is -0.303 e. The van der Waals surface area contributed by atoms with Crippen LogP contribution in [0.2, 0.25) is 0 Å². The van der Waals surface area contributed by atoms with E-state index in [4.69, 9.17) is 0 Å². The maximum Gasteiger partial charge on any atom is 0.113 e. The summed E-state index contributed by atoms with van der Waals surface area (Å²) >= 11 is 0. The van der Waals surface area contributed by atoms with Gasteiger partial charge < -0.3 is 4.90 Å². The molecule has 0 fully saturated rings. The zero-order valence-electron chi connectivity index (χ0n) is 14.6. The number of aromatic nitrogens is 4. The predicted octanol–water partition coefficient (Wildman–Crippen LogP) is 3.32. The molecule has 0 spiro atoms. The minimum absolute atomic E-state index is 0.358. The van der Waals surface area contributed by atoms with Gasteiger partial charge in [0.1, 0.15) is 5.69 Å². The Balaban J connectivity index is 1.82. The summed E-state index contributed by atoms with van der Waals surface area (Å²) in [6.45, 7) is 4.89. The molecule has 0 amide bonds. The monoisotopic (exact) mass is 321 g/mol. The van der Waals surface area contributed by atoms with E-state index in [9.17, 15) is 0 Å². The summed E-state index contributed by atoms with van der Waals surface area (Å²) < 4.78 is 1.83. The average molecular weight is 321 g/mol. The van der Waals surface area contributed by atoms with Crippen LogP contribution in [-0.2, 0) is 6.54 Å². The molecule has 2 heterocycles. The first-order chi connectivity index (χ1) is 11.5. The van der Waals surface area contributed by atoms with Crippen LogP contribution in [0, 0.1) is 6.92 Å².